The third-order valence-electron chi connectivity index (χ3n) is 3.73. The SMILES string of the molecule is Cn1cccc1CNC1CCC(CO)CC1. The second-order valence-corrected chi connectivity index (χ2v) is 4.89. The Morgan fingerprint density at radius 2 is 2.12 bits per heavy atom. The summed E-state index contributed by atoms with van der Waals surface area (Å²) in [4.78, 5) is 0. The molecule has 90 valence electrons. The molecule has 2 N–H and O–H groups in total. The van der Waals surface area contributed by atoms with E-state index in [0.29, 0.717) is 18.6 Å². The molecule has 0 saturated heterocycles. The molecule has 3 nitrogen and oxygen atoms in total. The van der Waals surface area contributed by atoms with Crippen molar-refractivity contribution in [1.82, 2.24) is 9.88 Å². The largest absolute Gasteiger partial charge is 0.396 e. The fourth-order valence-corrected chi connectivity index (χ4v) is 2.48. The van der Waals surface area contributed by atoms with E-state index in [1.54, 1.807) is 0 Å². The van der Waals surface area contributed by atoms with E-state index in [0.717, 1.165) is 6.54 Å². The lowest BCUT2D eigenvalue weighted by Crippen LogP contribution is -2.33. The third-order valence-corrected chi connectivity index (χ3v) is 3.73. The first kappa shape index (κ1) is 11.7. The zero-order valence-corrected chi connectivity index (χ0v) is 10.0. The molecule has 0 aliphatic heterocycles. The molecule has 1 aromatic rings. The molecular formula is C13H22N2O. The maximum absolute atomic E-state index is 9.07. The van der Waals surface area contributed by atoms with Crippen molar-refractivity contribution >= 4 is 0 Å². The fraction of sp³-hybridized carbons (Fsp3) is 0.692. The quantitative estimate of drug-likeness (QED) is 0.813. The molecule has 2 rings (SSSR count). The maximum Gasteiger partial charge on any atom is 0.0459 e. The van der Waals surface area contributed by atoms with Crippen molar-refractivity contribution in [2.45, 2.75) is 38.3 Å². The Morgan fingerprint density at radius 1 is 1.38 bits per heavy atom. The molecule has 0 atom stereocenters. The molecule has 1 aliphatic rings. The van der Waals surface area contributed by atoms with Crippen LogP contribution in [0, 0.1) is 5.92 Å². The Hall–Kier alpha value is -0.800. The van der Waals surface area contributed by atoms with Crippen LogP contribution in [-0.2, 0) is 13.6 Å². The van der Waals surface area contributed by atoms with Gasteiger partial charge in [0.25, 0.3) is 0 Å². The summed E-state index contributed by atoms with van der Waals surface area (Å²) in [5.74, 6) is 0.549. The molecule has 1 aromatic heterocycles. The molecule has 0 amide bonds. The number of aromatic nitrogens is 1. The zero-order valence-electron chi connectivity index (χ0n) is 10.0. The van der Waals surface area contributed by atoms with Gasteiger partial charge in [-0.25, -0.2) is 0 Å². The number of rotatable bonds is 4. The molecule has 1 heterocycles. The van der Waals surface area contributed by atoms with Crippen molar-refractivity contribution < 1.29 is 5.11 Å². The van der Waals surface area contributed by atoms with E-state index >= 15 is 0 Å². The van der Waals surface area contributed by atoms with Crippen molar-refractivity contribution in [3.8, 4) is 0 Å². The number of nitrogens with one attached hydrogen (secondary N) is 1. The van der Waals surface area contributed by atoms with Gasteiger partial charge >= 0.3 is 0 Å². The van der Waals surface area contributed by atoms with Crippen LogP contribution in [0.15, 0.2) is 18.3 Å². The van der Waals surface area contributed by atoms with E-state index in [9.17, 15) is 0 Å². The van der Waals surface area contributed by atoms with Crippen molar-refractivity contribution in [1.29, 1.82) is 0 Å². The first-order valence-corrected chi connectivity index (χ1v) is 6.24. The van der Waals surface area contributed by atoms with Crippen molar-refractivity contribution in [3.05, 3.63) is 24.0 Å². The predicted octanol–water partition coefficient (Wildman–Crippen LogP) is 1.67. The first-order chi connectivity index (χ1) is 7.79. The fourth-order valence-electron chi connectivity index (χ4n) is 2.48. The average Bonchev–Trinajstić information content (AvgIpc) is 2.73. The monoisotopic (exact) mass is 222 g/mol. The van der Waals surface area contributed by atoms with Crippen LogP contribution in [0.3, 0.4) is 0 Å². The van der Waals surface area contributed by atoms with Gasteiger partial charge in [0.15, 0.2) is 0 Å². The highest BCUT2D eigenvalue weighted by molar-refractivity contribution is 5.06. The Morgan fingerprint density at radius 3 is 2.69 bits per heavy atom. The highest BCUT2D eigenvalue weighted by Crippen LogP contribution is 2.23. The molecule has 0 bridgehead atoms. The average molecular weight is 222 g/mol. The van der Waals surface area contributed by atoms with Crippen molar-refractivity contribution in [2.24, 2.45) is 13.0 Å². The first-order valence-electron chi connectivity index (χ1n) is 6.24. The minimum absolute atomic E-state index is 0.366. The van der Waals surface area contributed by atoms with Crippen LogP contribution in [-0.4, -0.2) is 22.3 Å². The van der Waals surface area contributed by atoms with Gasteiger partial charge in [-0.1, -0.05) is 0 Å². The lowest BCUT2D eigenvalue weighted by molar-refractivity contribution is 0.175. The summed E-state index contributed by atoms with van der Waals surface area (Å²) in [5, 5.41) is 12.7. The molecule has 1 saturated carbocycles. The molecule has 3 heteroatoms. The van der Waals surface area contributed by atoms with Gasteiger partial charge in [0.1, 0.15) is 0 Å². The van der Waals surface area contributed by atoms with Crippen LogP contribution in [0.4, 0.5) is 0 Å². The third kappa shape index (κ3) is 2.86. The second kappa shape index (κ2) is 5.51. The zero-order chi connectivity index (χ0) is 11.4. The second-order valence-electron chi connectivity index (χ2n) is 4.89. The maximum atomic E-state index is 9.07. The number of aliphatic hydroxyl groups is 1. The predicted molar refractivity (Wildman–Crippen MR) is 65.1 cm³/mol. The normalized spacial score (nSPS) is 25.9. The van der Waals surface area contributed by atoms with Gasteiger partial charge in [0.2, 0.25) is 0 Å². The summed E-state index contributed by atoms with van der Waals surface area (Å²) < 4.78 is 2.16. The van der Waals surface area contributed by atoms with Gasteiger partial charge in [-0.15, -0.1) is 0 Å². The molecule has 1 fully saturated rings. The van der Waals surface area contributed by atoms with Crippen LogP contribution in [0.5, 0.6) is 0 Å². The summed E-state index contributed by atoms with van der Waals surface area (Å²) >= 11 is 0. The van der Waals surface area contributed by atoms with Crippen LogP contribution in [0.25, 0.3) is 0 Å². The van der Waals surface area contributed by atoms with Gasteiger partial charge in [-0.2, -0.15) is 0 Å². The molecular weight excluding hydrogens is 200 g/mol. The highest BCUT2D eigenvalue weighted by atomic mass is 16.3. The molecule has 0 radical (unpaired) electrons. The van der Waals surface area contributed by atoms with Crippen LogP contribution < -0.4 is 5.32 Å². The molecule has 0 spiro atoms. The summed E-state index contributed by atoms with van der Waals surface area (Å²) in [7, 11) is 2.08. The van der Waals surface area contributed by atoms with E-state index in [2.05, 4.69) is 35.3 Å². The van der Waals surface area contributed by atoms with E-state index in [1.807, 2.05) is 0 Å². The number of aryl methyl sites for hydroxylation is 1. The van der Waals surface area contributed by atoms with Gasteiger partial charge in [0, 0.05) is 38.1 Å². The van der Waals surface area contributed by atoms with Crippen molar-refractivity contribution in [3.63, 3.8) is 0 Å². The van der Waals surface area contributed by atoms with Crippen LogP contribution >= 0.6 is 0 Å². The number of nitrogens with zero attached hydrogens (tertiary/aromatic N) is 1. The van der Waals surface area contributed by atoms with Gasteiger partial charge in [0.05, 0.1) is 0 Å². The Balaban J connectivity index is 1.73. The van der Waals surface area contributed by atoms with E-state index < -0.39 is 0 Å². The summed E-state index contributed by atoms with van der Waals surface area (Å²) in [6.07, 6.45) is 6.83. The number of hydrogen-bond donors (Lipinski definition) is 2. The van der Waals surface area contributed by atoms with Crippen LogP contribution in [0.1, 0.15) is 31.4 Å². The van der Waals surface area contributed by atoms with E-state index in [-0.39, 0.29) is 0 Å². The Labute approximate surface area is 97.5 Å². The number of hydrogen-bond acceptors (Lipinski definition) is 2. The summed E-state index contributed by atoms with van der Waals surface area (Å²) in [5.41, 5.74) is 1.34. The van der Waals surface area contributed by atoms with Gasteiger partial charge < -0.3 is 15.0 Å². The van der Waals surface area contributed by atoms with E-state index in [4.69, 9.17) is 5.11 Å². The van der Waals surface area contributed by atoms with E-state index in [1.165, 1.54) is 31.4 Å². The smallest absolute Gasteiger partial charge is 0.0459 e. The van der Waals surface area contributed by atoms with Gasteiger partial charge in [-0.3, -0.25) is 0 Å². The molecule has 0 aromatic carbocycles. The van der Waals surface area contributed by atoms with Gasteiger partial charge in [-0.05, 0) is 43.7 Å². The Kier molecular flexibility index (Phi) is 4.02. The summed E-state index contributed by atoms with van der Waals surface area (Å²) in [6, 6.07) is 4.88. The lowest BCUT2D eigenvalue weighted by atomic mass is 9.86. The van der Waals surface area contributed by atoms with Crippen LogP contribution in [0.2, 0.25) is 0 Å². The molecule has 0 unspecified atom stereocenters. The summed E-state index contributed by atoms with van der Waals surface area (Å²) in [6.45, 7) is 1.32. The van der Waals surface area contributed by atoms with Crippen molar-refractivity contribution in [2.75, 3.05) is 6.61 Å². The highest BCUT2D eigenvalue weighted by Gasteiger charge is 2.19. The number of aliphatic hydroxyl groups excluding tert-OH is 1. The topological polar surface area (TPSA) is 37.2 Å². The standard InChI is InChI=1S/C13H22N2O/c1-15-8-2-3-13(15)9-14-12-6-4-11(10-16)5-7-12/h2-3,8,11-12,14,16H,4-7,9-10H2,1H3. The molecule has 1 aliphatic carbocycles. The Bertz CT molecular complexity index is 313. The molecule has 16 heavy (non-hydrogen) atoms. The lowest BCUT2D eigenvalue weighted by Gasteiger charge is -2.28. The minimum atomic E-state index is 0.366. The minimum Gasteiger partial charge on any atom is -0.396 e.